The van der Waals surface area contributed by atoms with E-state index in [1.165, 1.54) is 22.0 Å². The molecule has 0 fully saturated rings. The number of hydrogen-bond donors (Lipinski definition) is 0. The molecule has 18 heavy (non-hydrogen) atoms. The van der Waals surface area contributed by atoms with Gasteiger partial charge in [-0.05, 0) is 23.9 Å². The molecule has 3 rings (SSSR count). The monoisotopic (exact) mass is 367 g/mol. The summed E-state index contributed by atoms with van der Waals surface area (Å²) in [4.78, 5) is 0. The molecule has 0 aliphatic carbocycles. The number of rotatable bonds is 2. The van der Waals surface area contributed by atoms with E-state index in [0.29, 0.717) is 0 Å². The Labute approximate surface area is 129 Å². The van der Waals surface area contributed by atoms with Gasteiger partial charge in [-0.15, -0.1) is 0 Å². The second-order valence-electron chi connectivity index (χ2n) is 4.01. The van der Waals surface area contributed by atoms with E-state index in [4.69, 9.17) is 0 Å². The lowest BCUT2D eigenvalue weighted by Gasteiger charge is -2.00. The van der Waals surface area contributed by atoms with Crippen LogP contribution in [0.1, 0.15) is 5.56 Å². The van der Waals surface area contributed by atoms with E-state index in [9.17, 15) is 0 Å². The van der Waals surface area contributed by atoms with Crippen molar-refractivity contribution in [1.29, 1.82) is 0 Å². The summed E-state index contributed by atoms with van der Waals surface area (Å²) in [6.45, 7) is 1.10. The zero-order valence-corrected chi connectivity index (χ0v) is 12.9. The zero-order chi connectivity index (χ0) is 11.5. The van der Waals surface area contributed by atoms with Crippen LogP contribution in [0.25, 0.3) is 0 Å². The third-order valence-electron chi connectivity index (χ3n) is 2.89. The van der Waals surface area contributed by atoms with Gasteiger partial charge in [0, 0.05) is 12.1 Å². The predicted octanol–water partition coefficient (Wildman–Crippen LogP) is 0.528. The minimum absolute atomic E-state index is 0. The maximum atomic E-state index is 2.40. The fourth-order valence-corrected chi connectivity index (χ4v) is 3.21. The molecule has 1 heterocycles. The van der Waals surface area contributed by atoms with E-state index in [1.807, 2.05) is 11.8 Å². The molecular formula is C15H14INS. The van der Waals surface area contributed by atoms with E-state index in [1.54, 1.807) is 0 Å². The van der Waals surface area contributed by atoms with Crippen molar-refractivity contribution in [2.24, 2.45) is 0 Å². The maximum absolute atomic E-state index is 2.40. The highest BCUT2D eigenvalue weighted by Crippen LogP contribution is 2.24. The molecule has 1 aliphatic heterocycles. The Morgan fingerprint density at radius 1 is 0.833 bits per heavy atom. The topological polar surface area (TPSA) is 3.01 Å². The van der Waals surface area contributed by atoms with Gasteiger partial charge in [0.05, 0.1) is 11.3 Å². The van der Waals surface area contributed by atoms with Crippen molar-refractivity contribution in [3.8, 4) is 0 Å². The lowest BCUT2D eigenvalue weighted by molar-refractivity contribution is -0.428. The van der Waals surface area contributed by atoms with Crippen LogP contribution in [0.15, 0.2) is 60.7 Å². The van der Waals surface area contributed by atoms with E-state index in [-0.39, 0.29) is 24.0 Å². The molecule has 0 atom stereocenters. The molecule has 0 saturated carbocycles. The second-order valence-corrected chi connectivity index (χ2v) is 5.09. The Kier molecular flexibility index (Phi) is 4.83. The predicted molar refractivity (Wildman–Crippen MR) is 74.2 cm³/mol. The number of benzene rings is 2. The first-order valence-corrected chi connectivity index (χ1v) is 6.81. The molecule has 2 aromatic rings. The lowest BCUT2D eigenvalue weighted by atomic mass is 10.2. The lowest BCUT2D eigenvalue weighted by Crippen LogP contribution is -3.00. The van der Waals surface area contributed by atoms with Gasteiger partial charge >= 0.3 is 0 Å². The summed E-state index contributed by atoms with van der Waals surface area (Å²) >= 11 is 1.94. The highest BCUT2D eigenvalue weighted by atomic mass is 127. The molecule has 0 N–H and O–H groups in total. The molecule has 0 saturated heterocycles. The van der Waals surface area contributed by atoms with Crippen LogP contribution < -0.4 is 24.0 Å². The molecule has 1 nitrogen and oxygen atoms in total. The van der Waals surface area contributed by atoms with Gasteiger partial charge in [-0.1, -0.05) is 36.4 Å². The third-order valence-corrected chi connectivity index (χ3v) is 4.00. The van der Waals surface area contributed by atoms with Gasteiger partial charge in [-0.3, -0.25) is 0 Å². The number of thioether (sulfide) groups is 1. The van der Waals surface area contributed by atoms with Gasteiger partial charge in [0.25, 0.3) is 0 Å². The van der Waals surface area contributed by atoms with Crippen molar-refractivity contribution in [3.63, 3.8) is 0 Å². The van der Waals surface area contributed by atoms with Crippen LogP contribution in [0.3, 0.4) is 0 Å². The maximum Gasteiger partial charge on any atom is 0.248 e. The zero-order valence-electron chi connectivity index (χ0n) is 9.92. The van der Waals surface area contributed by atoms with Gasteiger partial charge < -0.3 is 24.0 Å². The van der Waals surface area contributed by atoms with Gasteiger partial charge in [-0.2, -0.15) is 4.58 Å². The van der Waals surface area contributed by atoms with Crippen molar-refractivity contribution in [2.45, 2.75) is 0 Å². The first-order chi connectivity index (χ1) is 8.45. The first kappa shape index (κ1) is 13.6. The number of para-hydroxylation sites is 1. The summed E-state index contributed by atoms with van der Waals surface area (Å²) < 4.78 is 2.40. The highest BCUT2D eigenvalue weighted by molar-refractivity contribution is 8.14. The van der Waals surface area contributed by atoms with Crippen molar-refractivity contribution < 1.29 is 28.6 Å². The molecular weight excluding hydrogens is 353 g/mol. The van der Waals surface area contributed by atoms with Crippen LogP contribution >= 0.6 is 11.8 Å². The van der Waals surface area contributed by atoms with Crippen LogP contribution in [0.5, 0.6) is 0 Å². The largest absolute Gasteiger partial charge is 1.00 e. The highest BCUT2D eigenvalue weighted by Gasteiger charge is 2.26. The molecule has 0 radical (unpaired) electrons. The number of halogens is 1. The molecule has 3 heteroatoms. The Balaban J connectivity index is 0.00000120. The van der Waals surface area contributed by atoms with E-state index in [0.717, 1.165) is 6.54 Å². The Hall–Kier alpha value is -0.810. The minimum atomic E-state index is 0. The van der Waals surface area contributed by atoms with Crippen LogP contribution in [0.2, 0.25) is 0 Å². The fraction of sp³-hybridized carbons (Fsp3) is 0.133. The van der Waals surface area contributed by atoms with Crippen LogP contribution in [-0.4, -0.2) is 21.9 Å². The molecule has 92 valence electrons. The number of hydrogen-bond acceptors (Lipinski definition) is 1. The molecule has 0 spiro atoms. The minimum Gasteiger partial charge on any atom is -1.00 e. The van der Waals surface area contributed by atoms with Crippen LogP contribution in [-0.2, 0) is 0 Å². The third kappa shape index (κ3) is 2.78. The van der Waals surface area contributed by atoms with Crippen molar-refractivity contribution in [2.75, 3.05) is 12.3 Å². The summed E-state index contributed by atoms with van der Waals surface area (Å²) in [5, 5.41) is 1.37. The SMILES string of the molecule is [I-].c1ccc(C2=[N+](c3ccccc3)CCS2)cc1. The summed E-state index contributed by atoms with van der Waals surface area (Å²) in [6, 6.07) is 21.2. The molecule has 0 bridgehead atoms. The number of nitrogens with zero attached hydrogens (tertiary/aromatic N) is 1. The summed E-state index contributed by atoms with van der Waals surface area (Å²) in [7, 11) is 0. The standard InChI is InChI=1S/C15H14NS.HI/c1-3-7-13(8-4-1)15-16(11-12-17-15)14-9-5-2-6-10-14;/h1-10H,11-12H2;1H/q+1;/p-1. The van der Waals surface area contributed by atoms with Crippen molar-refractivity contribution >= 4 is 22.5 Å². The molecule has 0 aromatic heterocycles. The smallest absolute Gasteiger partial charge is 0.248 e. The molecule has 0 unspecified atom stereocenters. The van der Waals surface area contributed by atoms with Crippen LogP contribution in [0, 0.1) is 0 Å². The molecule has 2 aromatic carbocycles. The molecule has 1 aliphatic rings. The molecule has 0 amide bonds. The van der Waals surface area contributed by atoms with Gasteiger partial charge in [0.1, 0.15) is 0 Å². The van der Waals surface area contributed by atoms with Crippen LogP contribution in [0.4, 0.5) is 5.69 Å². The van der Waals surface area contributed by atoms with Crippen molar-refractivity contribution in [1.82, 2.24) is 0 Å². The van der Waals surface area contributed by atoms with E-state index >= 15 is 0 Å². The second kappa shape index (κ2) is 6.38. The van der Waals surface area contributed by atoms with Gasteiger partial charge in [0.15, 0.2) is 6.54 Å². The summed E-state index contributed by atoms with van der Waals surface area (Å²) in [5.74, 6) is 1.17. The van der Waals surface area contributed by atoms with E-state index < -0.39 is 0 Å². The van der Waals surface area contributed by atoms with E-state index in [2.05, 4.69) is 65.2 Å². The van der Waals surface area contributed by atoms with Crippen molar-refractivity contribution in [3.05, 3.63) is 66.2 Å². The summed E-state index contributed by atoms with van der Waals surface area (Å²) in [5.41, 5.74) is 2.61. The Morgan fingerprint density at radius 2 is 1.44 bits per heavy atom. The summed E-state index contributed by atoms with van der Waals surface area (Å²) in [6.07, 6.45) is 0. The Bertz CT molecular complexity index is 487. The average molecular weight is 367 g/mol. The fourth-order valence-electron chi connectivity index (χ4n) is 2.09. The Morgan fingerprint density at radius 3 is 2.11 bits per heavy atom. The van der Waals surface area contributed by atoms with Gasteiger partial charge in [-0.25, -0.2) is 0 Å². The quantitative estimate of drug-likeness (QED) is 0.553. The first-order valence-electron chi connectivity index (χ1n) is 5.83. The average Bonchev–Trinajstić information content (AvgIpc) is 2.90. The van der Waals surface area contributed by atoms with Gasteiger partial charge in [0.2, 0.25) is 10.7 Å². The normalized spacial score (nSPS) is 14.4.